The lowest BCUT2D eigenvalue weighted by Crippen LogP contribution is -2.20. The Morgan fingerprint density at radius 3 is 2.00 bits per heavy atom. The van der Waals surface area contributed by atoms with Gasteiger partial charge in [-0.2, -0.15) is 0 Å². The highest BCUT2D eigenvalue weighted by Crippen LogP contribution is 2.03. The molecule has 0 saturated heterocycles. The zero-order valence-corrected chi connectivity index (χ0v) is 5.74. The summed E-state index contributed by atoms with van der Waals surface area (Å²) in [6, 6.07) is 0. The molecule has 0 aromatic heterocycles. The van der Waals surface area contributed by atoms with E-state index in [2.05, 4.69) is 0 Å². The van der Waals surface area contributed by atoms with E-state index in [1.54, 1.807) is 0 Å². The molecule has 3 heteroatoms. The topological polar surface area (TPSA) is 44.1 Å². The average molecular weight is 136 g/mol. The lowest BCUT2D eigenvalue weighted by Gasteiger charge is -2.09. The molecule has 8 heavy (non-hydrogen) atoms. The van der Waals surface area contributed by atoms with Crippen LogP contribution in [0.25, 0.3) is 0 Å². The van der Waals surface area contributed by atoms with Crippen LogP contribution >= 0.6 is 11.6 Å². The van der Waals surface area contributed by atoms with Gasteiger partial charge in [0.05, 0.1) is 0 Å². The van der Waals surface area contributed by atoms with Gasteiger partial charge >= 0.3 is 0 Å². The molecule has 0 bridgehead atoms. The van der Waals surface area contributed by atoms with Crippen molar-refractivity contribution in [3.05, 3.63) is 0 Å². The van der Waals surface area contributed by atoms with Crippen molar-refractivity contribution in [2.24, 2.45) is 5.92 Å². The van der Waals surface area contributed by atoms with Gasteiger partial charge in [-0.1, -0.05) is 25.4 Å². The molecule has 1 atom stereocenters. The van der Waals surface area contributed by atoms with Gasteiger partial charge in [0.2, 0.25) is 0 Å². The average Bonchev–Trinajstić information content (AvgIpc) is 1.64. The fourth-order valence-corrected chi connectivity index (χ4v) is 0.545. The molecule has 2 nitrogen and oxygen atoms in total. The Morgan fingerprint density at radius 2 is 2.00 bits per heavy atom. The molecule has 0 radical (unpaired) electrons. The van der Waals surface area contributed by atoms with Crippen LogP contribution in [0.2, 0.25) is 0 Å². The second-order valence-electron chi connectivity index (χ2n) is 2.04. The number of aliphatic hydroxyl groups excluding tert-OH is 1. The van der Waals surface area contributed by atoms with Crippen LogP contribution in [0.1, 0.15) is 13.8 Å². The van der Waals surface area contributed by atoms with E-state index in [0.29, 0.717) is 0 Å². The molecule has 0 aliphatic carbocycles. The maximum Gasteiger partial charge on any atom is 0.126 e. The van der Waals surface area contributed by atoms with E-state index in [-0.39, 0.29) is 11.1 Å². The van der Waals surface area contributed by atoms with E-state index >= 15 is 0 Å². The van der Waals surface area contributed by atoms with Crippen LogP contribution in [0, 0.1) is 11.3 Å². The van der Waals surface area contributed by atoms with Crippen molar-refractivity contribution in [3.8, 4) is 0 Å². The van der Waals surface area contributed by atoms with Crippen LogP contribution in [0.4, 0.5) is 0 Å². The number of aliphatic hydroxyl groups is 1. The summed E-state index contributed by atoms with van der Waals surface area (Å²) in [4.78, 5) is 0. The highest BCUT2D eigenvalue weighted by atomic mass is 35.5. The molecular weight excluding hydrogens is 126 g/mol. The van der Waals surface area contributed by atoms with E-state index in [4.69, 9.17) is 22.1 Å². The number of hydrogen-bond acceptors (Lipinski definition) is 2. The van der Waals surface area contributed by atoms with E-state index in [9.17, 15) is 0 Å². The van der Waals surface area contributed by atoms with Crippen molar-refractivity contribution in [2.45, 2.75) is 20.0 Å². The molecule has 0 rings (SSSR count). The predicted molar refractivity (Wildman–Crippen MR) is 34.4 cm³/mol. The smallest absolute Gasteiger partial charge is 0.126 e. The van der Waals surface area contributed by atoms with Gasteiger partial charge in [0, 0.05) is 0 Å². The first-order valence-corrected chi connectivity index (χ1v) is 2.85. The van der Waals surface area contributed by atoms with Gasteiger partial charge < -0.3 is 5.11 Å². The summed E-state index contributed by atoms with van der Waals surface area (Å²) in [5.74, 6) is 0.0417. The third-order valence-corrected chi connectivity index (χ3v) is 1.11. The first-order valence-electron chi connectivity index (χ1n) is 2.47. The second-order valence-corrected chi connectivity index (χ2v) is 2.44. The van der Waals surface area contributed by atoms with Crippen LogP contribution in [-0.4, -0.2) is 16.4 Å². The van der Waals surface area contributed by atoms with Crippen molar-refractivity contribution in [3.63, 3.8) is 0 Å². The Balaban J connectivity index is 3.64. The summed E-state index contributed by atoms with van der Waals surface area (Å²) in [6.07, 6.45) is -0.781. The van der Waals surface area contributed by atoms with E-state index < -0.39 is 6.10 Å². The summed E-state index contributed by atoms with van der Waals surface area (Å²) < 4.78 is 0. The normalized spacial score (nSPS) is 14.1. The zero-order valence-electron chi connectivity index (χ0n) is 4.98. The Bertz CT molecular complexity index is 92.4. The first-order chi connectivity index (χ1) is 3.55. The summed E-state index contributed by atoms with van der Waals surface area (Å²) in [5, 5.41) is 15.4. The van der Waals surface area contributed by atoms with Crippen LogP contribution in [0.5, 0.6) is 0 Å². The minimum atomic E-state index is -0.781. The van der Waals surface area contributed by atoms with Crippen LogP contribution in [-0.2, 0) is 0 Å². The number of rotatable bonds is 2. The number of hydrogen-bond donors (Lipinski definition) is 2. The Labute approximate surface area is 54.0 Å². The first kappa shape index (κ1) is 7.92. The van der Waals surface area contributed by atoms with Crippen molar-refractivity contribution < 1.29 is 5.11 Å². The van der Waals surface area contributed by atoms with E-state index in [0.717, 1.165) is 0 Å². The fourth-order valence-electron chi connectivity index (χ4n) is 0.293. The van der Waals surface area contributed by atoms with Gasteiger partial charge in [0.25, 0.3) is 0 Å². The van der Waals surface area contributed by atoms with Crippen LogP contribution in [0.3, 0.4) is 0 Å². The van der Waals surface area contributed by atoms with Gasteiger partial charge in [-0.05, 0) is 5.92 Å². The van der Waals surface area contributed by atoms with Gasteiger partial charge in [-0.3, -0.25) is 5.41 Å². The Morgan fingerprint density at radius 1 is 1.62 bits per heavy atom. The van der Waals surface area contributed by atoms with Crippen molar-refractivity contribution >= 4 is 16.8 Å². The molecule has 0 fully saturated rings. The summed E-state index contributed by atoms with van der Waals surface area (Å²) in [5.41, 5.74) is 0. The third kappa shape index (κ3) is 2.28. The zero-order chi connectivity index (χ0) is 6.73. The summed E-state index contributed by atoms with van der Waals surface area (Å²) >= 11 is 5.16. The largest absolute Gasteiger partial charge is 0.386 e. The summed E-state index contributed by atoms with van der Waals surface area (Å²) in [6.45, 7) is 3.61. The molecule has 0 aliphatic rings. The Kier molecular flexibility index (Phi) is 3.02. The molecule has 1 unspecified atom stereocenters. The van der Waals surface area contributed by atoms with E-state index in [1.165, 1.54) is 0 Å². The molecule has 0 spiro atoms. The maximum atomic E-state index is 8.85. The maximum absolute atomic E-state index is 8.85. The lowest BCUT2D eigenvalue weighted by molar-refractivity contribution is 0.192. The molecule has 0 heterocycles. The van der Waals surface area contributed by atoms with Crippen molar-refractivity contribution in [1.29, 1.82) is 5.41 Å². The molecule has 48 valence electrons. The number of halogens is 1. The minimum absolute atomic E-state index is 0.0417. The van der Waals surface area contributed by atoms with Crippen LogP contribution < -0.4 is 0 Å². The van der Waals surface area contributed by atoms with Gasteiger partial charge in [-0.25, -0.2) is 0 Å². The van der Waals surface area contributed by atoms with Gasteiger partial charge in [0.1, 0.15) is 11.3 Å². The predicted octanol–water partition coefficient (Wildman–Crippen LogP) is 1.22. The standard InChI is InChI=1S/C5H10ClNO/c1-3(2)4(8)5(6)7/h3-4,7-8H,1-2H3. The molecule has 0 saturated carbocycles. The monoisotopic (exact) mass is 135 g/mol. The molecule has 0 amide bonds. The Hall–Kier alpha value is -0.0800. The molecule has 0 aromatic rings. The van der Waals surface area contributed by atoms with Crippen molar-refractivity contribution in [1.82, 2.24) is 0 Å². The van der Waals surface area contributed by atoms with Gasteiger partial charge in [-0.15, -0.1) is 0 Å². The minimum Gasteiger partial charge on any atom is -0.386 e. The quantitative estimate of drug-likeness (QED) is 0.550. The van der Waals surface area contributed by atoms with Gasteiger partial charge in [0.15, 0.2) is 0 Å². The lowest BCUT2D eigenvalue weighted by atomic mass is 10.1. The molecule has 0 aromatic carbocycles. The molecular formula is C5H10ClNO. The SMILES string of the molecule is CC(C)C(O)C(=N)Cl. The van der Waals surface area contributed by atoms with E-state index in [1.807, 2.05) is 13.8 Å². The van der Waals surface area contributed by atoms with Crippen LogP contribution in [0.15, 0.2) is 0 Å². The highest BCUT2D eigenvalue weighted by molar-refractivity contribution is 6.65. The van der Waals surface area contributed by atoms with Crippen molar-refractivity contribution in [2.75, 3.05) is 0 Å². The fraction of sp³-hybridized carbons (Fsp3) is 0.800. The summed E-state index contributed by atoms with van der Waals surface area (Å²) in [7, 11) is 0. The highest BCUT2D eigenvalue weighted by Gasteiger charge is 2.11. The third-order valence-electron chi connectivity index (χ3n) is 0.891. The second kappa shape index (κ2) is 3.05. The number of nitrogens with one attached hydrogen (secondary N) is 1. The molecule has 2 N–H and O–H groups in total. The molecule has 0 aliphatic heterocycles.